The van der Waals surface area contributed by atoms with Crippen molar-refractivity contribution in [2.45, 2.75) is 6.92 Å². The summed E-state index contributed by atoms with van der Waals surface area (Å²) in [4.78, 5) is 28.7. The van der Waals surface area contributed by atoms with Crippen molar-refractivity contribution in [3.8, 4) is 0 Å². The Morgan fingerprint density at radius 1 is 1.12 bits per heavy atom. The second-order valence-electron chi connectivity index (χ2n) is 5.46. The number of aromatic nitrogens is 1. The Bertz CT molecular complexity index is 956. The number of ether oxygens (including phenoxy) is 1. The van der Waals surface area contributed by atoms with Crippen molar-refractivity contribution in [1.29, 1.82) is 0 Å². The molecule has 0 aliphatic rings. The van der Waals surface area contributed by atoms with E-state index < -0.39 is 11.9 Å². The quantitative estimate of drug-likeness (QED) is 0.671. The lowest BCUT2D eigenvalue weighted by Crippen LogP contribution is -2.21. The number of carbonyl (C=O) groups is 2. The van der Waals surface area contributed by atoms with Crippen molar-refractivity contribution in [3.05, 3.63) is 70.3 Å². The third kappa shape index (κ3) is 4.22. The number of fused-ring (bicyclic) bond motifs is 1. The van der Waals surface area contributed by atoms with E-state index >= 15 is 0 Å². The van der Waals surface area contributed by atoms with Gasteiger partial charge in [-0.3, -0.25) is 9.78 Å². The molecule has 0 atom stereocenters. The number of esters is 1. The van der Waals surface area contributed by atoms with E-state index in [9.17, 15) is 9.59 Å². The Kier molecular flexibility index (Phi) is 5.09. The minimum atomic E-state index is -0.550. The van der Waals surface area contributed by atoms with Crippen molar-refractivity contribution in [2.24, 2.45) is 0 Å². The predicted octanol–water partition coefficient (Wildman–Crippen LogP) is 4.10. The zero-order valence-corrected chi connectivity index (χ0v) is 15.0. The Morgan fingerprint density at radius 3 is 2.72 bits per heavy atom. The maximum absolute atomic E-state index is 12.4. The van der Waals surface area contributed by atoms with Crippen LogP contribution in [-0.4, -0.2) is 23.5 Å². The lowest BCUT2D eigenvalue weighted by Gasteiger charge is -2.09. The number of anilines is 1. The van der Waals surface area contributed by atoms with Gasteiger partial charge in [-0.05, 0) is 37.3 Å². The smallest absolute Gasteiger partial charge is 0.339 e. The molecule has 0 fully saturated rings. The fraction of sp³-hybridized carbons (Fsp3) is 0.105. The lowest BCUT2D eigenvalue weighted by atomic mass is 10.1. The van der Waals surface area contributed by atoms with Crippen LogP contribution in [0, 0.1) is 6.92 Å². The van der Waals surface area contributed by atoms with Crippen LogP contribution in [0.3, 0.4) is 0 Å². The standard InChI is InChI=1S/C19H15BrN2O3/c1-12-9-16(15-7-2-3-8-17(15)21-12)19(24)25-11-18(23)22-14-6-4-5-13(20)10-14/h2-10H,11H2,1H3,(H,22,23). The van der Waals surface area contributed by atoms with Crippen molar-refractivity contribution >= 4 is 44.4 Å². The van der Waals surface area contributed by atoms with Crippen LogP contribution >= 0.6 is 15.9 Å². The van der Waals surface area contributed by atoms with Crippen molar-refractivity contribution in [2.75, 3.05) is 11.9 Å². The topological polar surface area (TPSA) is 68.3 Å². The highest BCUT2D eigenvalue weighted by atomic mass is 79.9. The van der Waals surface area contributed by atoms with Crippen LogP contribution in [0.25, 0.3) is 10.9 Å². The lowest BCUT2D eigenvalue weighted by molar-refractivity contribution is -0.119. The molecule has 1 amide bonds. The molecule has 0 aliphatic heterocycles. The largest absolute Gasteiger partial charge is 0.452 e. The average molecular weight is 399 g/mol. The minimum absolute atomic E-state index is 0.360. The number of hydrogen-bond donors (Lipinski definition) is 1. The maximum Gasteiger partial charge on any atom is 0.339 e. The number of nitrogens with zero attached hydrogens (tertiary/aromatic N) is 1. The van der Waals surface area contributed by atoms with Crippen LogP contribution in [-0.2, 0) is 9.53 Å². The Hall–Kier alpha value is -2.73. The molecule has 0 saturated heterocycles. The van der Waals surface area contributed by atoms with E-state index in [1.807, 2.05) is 31.2 Å². The van der Waals surface area contributed by atoms with Gasteiger partial charge in [0.2, 0.25) is 0 Å². The number of carbonyl (C=O) groups excluding carboxylic acids is 2. The molecule has 1 N–H and O–H groups in total. The first kappa shape index (κ1) is 17.1. The molecule has 1 aromatic heterocycles. The number of rotatable bonds is 4. The molecular weight excluding hydrogens is 384 g/mol. The third-order valence-corrected chi connectivity index (χ3v) is 4.00. The van der Waals surface area contributed by atoms with Gasteiger partial charge in [-0.2, -0.15) is 0 Å². The SMILES string of the molecule is Cc1cc(C(=O)OCC(=O)Nc2cccc(Br)c2)c2ccccc2n1. The fourth-order valence-electron chi connectivity index (χ4n) is 2.45. The molecule has 25 heavy (non-hydrogen) atoms. The van der Waals surface area contributed by atoms with Gasteiger partial charge in [0.15, 0.2) is 6.61 Å². The van der Waals surface area contributed by atoms with Crippen LogP contribution < -0.4 is 5.32 Å². The first-order valence-corrected chi connectivity index (χ1v) is 8.41. The van der Waals surface area contributed by atoms with Crippen LogP contribution in [0.2, 0.25) is 0 Å². The molecule has 126 valence electrons. The van der Waals surface area contributed by atoms with E-state index in [1.165, 1.54) is 0 Å². The summed E-state index contributed by atoms with van der Waals surface area (Å²) in [6.45, 7) is 1.45. The predicted molar refractivity (Wildman–Crippen MR) is 99.5 cm³/mol. The van der Waals surface area contributed by atoms with Crippen molar-refractivity contribution < 1.29 is 14.3 Å². The summed E-state index contributed by atoms with van der Waals surface area (Å²) in [6.07, 6.45) is 0. The van der Waals surface area contributed by atoms with Gasteiger partial charge in [-0.15, -0.1) is 0 Å². The van der Waals surface area contributed by atoms with E-state index in [0.717, 1.165) is 4.47 Å². The highest BCUT2D eigenvalue weighted by Crippen LogP contribution is 2.19. The third-order valence-electron chi connectivity index (χ3n) is 3.51. The number of aryl methyl sites for hydroxylation is 1. The molecule has 3 aromatic rings. The number of nitrogens with one attached hydrogen (secondary N) is 1. The molecule has 0 aliphatic carbocycles. The Labute approximate surface area is 153 Å². The van der Waals surface area contributed by atoms with Gasteiger partial charge in [-0.1, -0.05) is 40.2 Å². The molecule has 0 radical (unpaired) electrons. The van der Waals surface area contributed by atoms with Crippen molar-refractivity contribution in [1.82, 2.24) is 4.98 Å². The van der Waals surface area contributed by atoms with E-state index in [1.54, 1.807) is 30.3 Å². The minimum Gasteiger partial charge on any atom is -0.452 e. The molecule has 0 unspecified atom stereocenters. The summed E-state index contributed by atoms with van der Waals surface area (Å²) in [6, 6.07) is 16.2. The number of hydrogen-bond acceptors (Lipinski definition) is 4. The summed E-state index contributed by atoms with van der Waals surface area (Å²) in [5, 5.41) is 3.38. The average Bonchev–Trinajstić information content (AvgIpc) is 2.59. The van der Waals surface area contributed by atoms with Crippen LogP contribution in [0.15, 0.2) is 59.1 Å². The number of halogens is 1. The molecule has 6 heteroatoms. The number of benzene rings is 2. The van der Waals surface area contributed by atoms with Gasteiger partial charge in [0.1, 0.15) is 0 Å². The monoisotopic (exact) mass is 398 g/mol. The molecule has 5 nitrogen and oxygen atoms in total. The van der Waals surface area contributed by atoms with E-state index in [0.29, 0.717) is 27.8 Å². The Balaban J connectivity index is 1.70. The molecule has 0 bridgehead atoms. The second-order valence-corrected chi connectivity index (χ2v) is 6.38. The van der Waals surface area contributed by atoms with Crippen LogP contribution in [0.5, 0.6) is 0 Å². The molecule has 1 heterocycles. The van der Waals surface area contributed by atoms with Gasteiger partial charge >= 0.3 is 5.97 Å². The molecule has 0 spiro atoms. The van der Waals surface area contributed by atoms with E-state index in [2.05, 4.69) is 26.2 Å². The second kappa shape index (κ2) is 7.44. The van der Waals surface area contributed by atoms with Gasteiger partial charge in [0, 0.05) is 21.2 Å². The summed E-state index contributed by atoms with van der Waals surface area (Å²) in [5.41, 5.74) is 2.45. The van der Waals surface area contributed by atoms with Gasteiger partial charge in [-0.25, -0.2) is 4.79 Å². The summed E-state index contributed by atoms with van der Waals surface area (Å²) in [7, 11) is 0. The highest BCUT2D eigenvalue weighted by Gasteiger charge is 2.15. The number of pyridine rings is 1. The van der Waals surface area contributed by atoms with Crippen molar-refractivity contribution in [3.63, 3.8) is 0 Å². The Morgan fingerprint density at radius 2 is 1.92 bits per heavy atom. The molecule has 0 saturated carbocycles. The van der Waals surface area contributed by atoms with E-state index in [4.69, 9.17) is 4.74 Å². The normalized spacial score (nSPS) is 10.5. The van der Waals surface area contributed by atoms with Gasteiger partial charge in [0.25, 0.3) is 5.91 Å². The van der Waals surface area contributed by atoms with Crippen LogP contribution in [0.1, 0.15) is 16.1 Å². The van der Waals surface area contributed by atoms with Gasteiger partial charge in [0.05, 0.1) is 11.1 Å². The zero-order valence-electron chi connectivity index (χ0n) is 13.5. The first-order chi connectivity index (χ1) is 12.0. The van der Waals surface area contributed by atoms with Gasteiger partial charge < -0.3 is 10.1 Å². The van der Waals surface area contributed by atoms with E-state index in [-0.39, 0.29) is 6.61 Å². The maximum atomic E-state index is 12.4. The zero-order chi connectivity index (χ0) is 17.8. The van der Waals surface area contributed by atoms with Crippen LogP contribution in [0.4, 0.5) is 5.69 Å². The first-order valence-electron chi connectivity index (χ1n) is 7.62. The summed E-state index contributed by atoms with van der Waals surface area (Å²) < 4.78 is 6.01. The fourth-order valence-corrected chi connectivity index (χ4v) is 2.85. The number of para-hydroxylation sites is 1. The summed E-state index contributed by atoms with van der Waals surface area (Å²) in [5.74, 6) is -0.951. The highest BCUT2D eigenvalue weighted by molar-refractivity contribution is 9.10. The molecular formula is C19H15BrN2O3. The molecule has 2 aromatic carbocycles. The molecule has 3 rings (SSSR count). The number of amides is 1. The summed E-state index contributed by atoms with van der Waals surface area (Å²) >= 11 is 3.33.